The van der Waals surface area contributed by atoms with Gasteiger partial charge in [0, 0.05) is 6.04 Å². The summed E-state index contributed by atoms with van der Waals surface area (Å²) in [5.41, 5.74) is 5.59. The zero-order chi connectivity index (χ0) is 12.1. The first-order valence-electron chi connectivity index (χ1n) is 6.10. The molecule has 94 valence electrons. The average molecular weight is 237 g/mol. The fraction of sp³-hybridized carbons (Fsp3) is 0.727. The highest BCUT2D eigenvalue weighted by molar-refractivity contribution is 5.33. The van der Waals surface area contributed by atoms with Crippen molar-refractivity contribution in [3.63, 3.8) is 0 Å². The Morgan fingerprint density at radius 2 is 1.82 bits per heavy atom. The molecular weight excluding hydrogens is 218 g/mol. The molecule has 0 bridgehead atoms. The van der Waals surface area contributed by atoms with Gasteiger partial charge in [-0.25, -0.2) is 0 Å². The summed E-state index contributed by atoms with van der Waals surface area (Å²) in [6, 6.07) is 0.692. The summed E-state index contributed by atoms with van der Waals surface area (Å²) in [5.74, 6) is 0.703. The van der Waals surface area contributed by atoms with Crippen LogP contribution in [-0.4, -0.2) is 28.1 Å². The molecule has 0 amide bonds. The van der Waals surface area contributed by atoms with E-state index in [4.69, 9.17) is 10.5 Å². The van der Waals surface area contributed by atoms with E-state index in [-0.39, 0.29) is 12.0 Å². The SMILES string of the molecule is COc1nc(N)nc(NC2CCCCCC2)n1. The lowest BCUT2D eigenvalue weighted by atomic mass is 10.1. The molecule has 0 saturated heterocycles. The molecule has 0 unspecified atom stereocenters. The minimum Gasteiger partial charge on any atom is -0.467 e. The van der Waals surface area contributed by atoms with E-state index in [2.05, 4.69) is 20.3 Å². The number of nitrogens with zero attached hydrogens (tertiary/aromatic N) is 3. The van der Waals surface area contributed by atoms with E-state index in [1.807, 2.05) is 0 Å². The Kier molecular flexibility index (Phi) is 3.95. The van der Waals surface area contributed by atoms with Crippen LogP contribution >= 0.6 is 0 Å². The summed E-state index contributed by atoms with van der Waals surface area (Å²) in [4.78, 5) is 12.1. The van der Waals surface area contributed by atoms with Crippen molar-refractivity contribution < 1.29 is 4.74 Å². The minimum atomic E-state index is 0.188. The highest BCUT2D eigenvalue weighted by Crippen LogP contribution is 2.20. The van der Waals surface area contributed by atoms with Gasteiger partial charge in [-0.15, -0.1) is 0 Å². The number of aromatic nitrogens is 3. The van der Waals surface area contributed by atoms with Gasteiger partial charge >= 0.3 is 6.01 Å². The second kappa shape index (κ2) is 5.65. The highest BCUT2D eigenvalue weighted by Gasteiger charge is 2.14. The molecule has 0 spiro atoms. The Hall–Kier alpha value is -1.59. The van der Waals surface area contributed by atoms with Gasteiger partial charge in [-0.05, 0) is 12.8 Å². The van der Waals surface area contributed by atoms with Crippen LogP contribution in [0.15, 0.2) is 0 Å². The molecule has 0 aliphatic heterocycles. The predicted octanol–water partition coefficient (Wildman–Crippen LogP) is 1.60. The van der Waals surface area contributed by atoms with Crippen molar-refractivity contribution in [3.05, 3.63) is 0 Å². The van der Waals surface area contributed by atoms with Gasteiger partial charge in [0.15, 0.2) is 0 Å². The van der Waals surface area contributed by atoms with E-state index < -0.39 is 0 Å². The molecule has 1 fully saturated rings. The van der Waals surface area contributed by atoms with Crippen molar-refractivity contribution in [2.75, 3.05) is 18.2 Å². The van der Waals surface area contributed by atoms with E-state index in [0.717, 1.165) is 12.8 Å². The van der Waals surface area contributed by atoms with Gasteiger partial charge in [0.05, 0.1) is 7.11 Å². The summed E-state index contributed by atoms with van der Waals surface area (Å²) in [5, 5.41) is 3.31. The van der Waals surface area contributed by atoms with Gasteiger partial charge < -0.3 is 15.8 Å². The fourth-order valence-electron chi connectivity index (χ4n) is 2.13. The number of methoxy groups -OCH3 is 1. The lowest BCUT2D eigenvalue weighted by Crippen LogP contribution is -2.20. The van der Waals surface area contributed by atoms with Crippen LogP contribution in [0.3, 0.4) is 0 Å². The van der Waals surface area contributed by atoms with Gasteiger partial charge in [-0.2, -0.15) is 15.0 Å². The number of anilines is 2. The number of hydrogen-bond acceptors (Lipinski definition) is 6. The zero-order valence-electron chi connectivity index (χ0n) is 10.1. The van der Waals surface area contributed by atoms with E-state index >= 15 is 0 Å². The molecule has 0 radical (unpaired) electrons. The summed E-state index contributed by atoms with van der Waals surface area (Å²) in [6.45, 7) is 0. The third-order valence-electron chi connectivity index (χ3n) is 3.00. The Bertz CT molecular complexity index is 363. The highest BCUT2D eigenvalue weighted by atomic mass is 16.5. The molecule has 1 aromatic heterocycles. The van der Waals surface area contributed by atoms with Gasteiger partial charge in [0.1, 0.15) is 0 Å². The molecule has 3 N–H and O–H groups in total. The first-order chi connectivity index (χ1) is 8.28. The topological polar surface area (TPSA) is 86.0 Å². The normalized spacial score (nSPS) is 17.5. The second-order valence-corrected chi connectivity index (χ2v) is 4.34. The third kappa shape index (κ3) is 3.44. The van der Waals surface area contributed by atoms with Crippen LogP contribution in [0.4, 0.5) is 11.9 Å². The maximum Gasteiger partial charge on any atom is 0.322 e. The Labute approximate surface area is 101 Å². The predicted molar refractivity (Wildman–Crippen MR) is 65.9 cm³/mol. The Morgan fingerprint density at radius 3 is 2.47 bits per heavy atom. The Morgan fingerprint density at radius 1 is 1.12 bits per heavy atom. The monoisotopic (exact) mass is 237 g/mol. The number of rotatable bonds is 3. The fourth-order valence-corrected chi connectivity index (χ4v) is 2.13. The molecule has 1 aliphatic rings. The lowest BCUT2D eigenvalue weighted by molar-refractivity contribution is 0.379. The van der Waals surface area contributed by atoms with Crippen molar-refractivity contribution in [3.8, 4) is 6.01 Å². The van der Waals surface area contributed by atoms with Crippen molar-refractivity contribution >= 4 is 11.9 Å². The van der Waals surface area contributed by atoms with Crippen molar-refractivity contribution in [1.29, 1.82) is 0 Å². The molecule has 1 heterocycles. The molecule has 0 aromatic carbocycles. The summed E-state index contributed by atoms with van der Waals surface area (Å²) in [7, 11) is 1.52. The third-order valence-corrected chi connectivity index (χ3v) is 3.00. The molecule has 0 atom stereocenters. The first kappa shape index (κ1) is 11.9. The van der Waals surface area contributed by atoms with Crippen LogP contribution in [0.25, 0.3) is 0 Å². The molecule has 2 rings (SSSR count). The van der Waals surface area contributed by atoms with Crippen molar-refractivity contribution in [2.24, 2.45) is 0 Å². The van der Waals surface area contributed by atoms with Gasteiger partial charge in [0.25, 0.3) is 0 Å². The van der Waals surface area contributed by atoms with Gasteiger partial charge in [0.2, 0.25) is 11.9 Å². The molecule has 17 heavy (non-hydrogen) atoms. The maximum absolute atomic E-state index is 5.59. The maximum atomic E-state index is 5.59. The first-order valence-corrected chi connectivity index (χ1v) is 6.10. The minimum absolute atomic E-state index is 0.188. The van der Waals surface area contributed by atoms with E-state index in [1.165, 1.54) is 32.8 Å². The Balaban J connectivity index is 2.03. The number of ether oxygens (including phenoxy) is 1. The number of nitrogen functional groups attached to an aromatic ring is 1. The zero-order valence-corrected chi connectivity index (χ0v) is 10.1. The number of nitrogens with one attached hydrogen (secondary N) is 1. The summed E-state index contributed by atoms with van der Waals surface area (Å²) >= 11 is 0. The number of hydrogen-bond donors (Lipinski definition) is 2. The molecule has 1 aromatic rings. The van der Waals surface area contributed by atoms with Crippen LogP contribution in [0, 0.1) is 0 Å². The van der Waals surface area contributed by atoms with E-state index in [9.17, 15) is 0 Å². The lowest BCUT2D eigenvalue weighted by Gasteiger charge is -2.16. The van der Waals surface area contributed by atoms with Crippen molar-refractivity contribution in [2.45, 2.75) is 44.6 Å². The van der Waals surface area contributed by atoms with Crippen LogP contribution in [0.2, 0.25) is 0 Å². The van der Waals surface area contributed by atoms with E-state index in [0.29, 0.717) is 12.0 Å². The van der Waals surface area contributed by atoms with E-state index in [1.54, 1.807) is 0 Å². The molecule has 6 heteroatoms. The molecule has 1 saturated carbocycles. The van der Waals surface area contributed by atoms with Crippen LogP contribution in [0.5, 0.6) is 6.01 Å². The van der Waals surface area contributed by atoms with Crippen LogP contribution in [0.1, 0.15) is 38.5 Å². The van der Waals surface area contributed by atoms with Gasteiger partial charge in [-0.1, -0.05) is 25.7 Å². The largest absolute Gasteiger partial charge is 0.467 e. The molecular formula is C11H19N5O. The van der Waals surface area contributed by atoms with Crippen LogP contribution < -0.4 is 15.8 Å². The van der Waals surface area contributed by atoms with Crippen molar-refractivity contribution in [1.82, 2.24) is 15.0 Å². The standard InChI is InChI=1S/C11H19N5O/c1-17-11-15-9(12)14-10(16-11)13-8-6-4-2-3-5-7-8/h8H,2-7H2,1H3,(H3,12,13,14,15,16). The number of nitrogens with two attached hydrogens (primary N) is 1. The second-order valence-electron chi connectivity index (χ2n) is 4.34. The average Bonchev–Trinajstić information content (AvgIpc) is 2.57. The van der Waals surface area contributed by atoms with Gasteiger partial charge in [-0.3, -0.25) is 0 Å². The molecule has 6 nitrogen and oxygen atoms in total. The van der Waals surface area contributed by atoms with Crippen LogP contribution in [-0.2, 0) is 0 Å². The molecule has 1 aliphatic carbocycles. The summed E-state index contributed by atoms with van der Waals surface area (Å²) < 4.78 is 4.97. The quantitative estimate of drug-likeness (QED) is 0.776. The summed E-state index contributed by atoms with van der Waals surface area (Å²) in [6.07, 6.45) is 7.48. The smallest absolute Gasteiger partial charge is 0.322 e.